The topological polar surface area (TPSA) is 76.4 Å². The summed E-state index contributed by atoms with van der Waals surface area (Å²) in [7, 11) is 0. The van der Waals surface area contributed by atoms with Crippen molar-refractivity contribution < 1.29 is 9.53 Å². The van der Waals surface area contributed by atoms with Crippen molar-refractivity contribution in [3.05, 3.63) is 29.8 Å². The van der Waals surface area contributed by atoms with E-state index in [-0.39, 0.29) is 18.1 Å². The highest BCUT2D eigenvalue weighted by atomic mass is 16.5. The van der Waals surface area contributed by atoms with Crippen molar-refractivity contribution in [1.29, 1.82) is 0 Å². The fraction of sp³-hybridized carbons (Fsp3) is 0.462. The Morgan fingerprint density at radius 3 is 2.94 bits per heavy atom. The zero-order valence-corrected chi connectivity index (χ0v) is 10.5. The number of hydrogen-bond acceptors (Lipinski definition) is 3. The summed E-state index contributed by atoms with van der Waals surface area (Å²) in [6, 6.07) is 7.33. The van der Waals surface area contributed by atoms with Gasteiger partial charge in [0.1, 0.15) is 0 Å². The average Bonchev–Trinajstić information content (AvgIpc) is 2.82. The highest BCUT2D eigenvalue weighted by molar-refractivity contribution is 5.90. The number of para-hydroxylation sites is 1. The first-order valence-corrected chi connectivity index (χ1v) is 6.16. The maximum absolute atomic E-state index is 11.8. The molecule has 1 aliphatic heterocycles. The number of ether oxygens (including phenoxy) is 1. The highest BCUT2D eigenvalue weighted by Gasteiger charge is 2.18. The largest absolute Gasteiger partial charge is 0.379 e. The van der Waals surface area contributed by atoms with E-state index in [0.29, 0.717) is 13.2 Å². The van der Waals surface area contributed by atoms with Crippen LogP contribution < -0.4 is 16.4 Å². The third-order valence-corrected chi connectivity index (χ3v) is 2.96. The van der Waals surface area contributed by atoms with Gasteiger partial charge in [-0.1, -0.05) is 18.2 Å². The standard InChI is InChI=1S/C13H19N3O2/c1-9(14)11-4-2-3-5-12(11)16-13(17)15-10-6-7-18-8-10/h2-5,9-10H,6-8,14H2,1H3,(H2,15,16,17). The van der Waals surface area contributed by atoms with Crippen molar-refractivity contribution in [2.75, 3.05) is 18.5 Å². The van der Waals surface area contributed by atoms with Crippen LogP contribution in [0.5, 0.6) is 0 Å². The molecule has 2 amide bonds. The summed E-state index contributed by atoms with van der Waals surface area (Å²) in [6.45, 7) is 3.19. The summed E-state index contributed by atoms with van der Waals surface area (Å²) in [5.74, 6) is 0. The van der Waals surface area contributed by atoms with E-state index in [9.17, 15) is 4.79 Å². The molecule has 5 nitrogen and oxygen atoms in total. The molecule has 0 aromatic heterocycles. The van der Waals surface area contributed by atoms with E-state index in [2.05, 4.69) is 10.6 Å². The molecule has 18 heavy (non-hydrogen) atoms. The number of nitrogens with two attached hydrogens (primary N) is 1. The summed E-state index contributed by atoms with van der Waals surface area (Å²) < 4.78 is 5.21. The number of carbonyl (C=O) groups is 1. The molecule has 0 radical (unpaired) electrons. The molecule has 1 aromatic rings. The zero-order chi connectivity index (χ0) is 13.0. The molecule has 5 heteroatoms. The second kappa shape index (κ2) is 5.84. The van der Waals surface area contributed by atoms with Crippen LogP contribution in [0, 0.1) is 0 Å². The van der Waals surface area contributed by atoms with E-state index in [1.807, 2.05) is 31.2 Å². The molecular formula is C13H19N3O2. The fourth-order valence-electron chi connectivity index (χ4n) is 2.00. The minimum atomic E-state index is -0.210. The first-order chi connectivity index (χ1) is 8.66. The second-order valence-corrected chi connectivity index (χ2v) is 4.53. The number of anilines is 1. The predicted molar refractivity (Wildman–Crippen MR) is 70.4 cm³/mol. The Labute approximate surface area is 107 Å². The lowest BCUT2D eigenvalue weighted by Crippen LogP contribution is -2.38. The Balaban J connectivity index is 1.97. The number of amides is 2. The Morgan fingerprint density at radius 2 is 2.28 bits per heavy atom. The van der Waals surface area contributed by atoms with Crippen LogP contribution in [0.3, 0.4) is 0 Å². The van der Waals surface area contributed by atoms with Gasteiger partial charge in [0, 0.05) is 18.3 Å². The van der Waals surface area contributed by atoms with Crippen molar-refractivity contribution in [1.82, 2.24) is 5.32 Å². The normalized spacial score (nSPS) is 20.4. The van der Waals surface area contributed by atoms with Gasteiger partial charge in [0.25, 0.3) is 0 Å². The van der Waals surface area contributed by atoms with E-state index >= 15 is 0 Å². The summed E-state index contributed by atoms with van der Waals surface area (Å²) >= 11 is 0. The molecule has 0 bridgehead atoms. The molecule has 98 valence electrons. The minimum absolute atomic E-state index is 0.104. The molecule has 0 aliphatic carbocycles. The monoisotopic (exact) mass is 249 g/mol. The van der Waals surface area contributed by atoms with Crippen molar-refractivity contribution >= 4 is 11.7 Å². The maximum atomic E-state index is 11.8. The molecule has 2 atom stereocenters. The number of urea groups is 1. The van der Waals surface area contributed by atoms with Gasteiger partial charge in [-0.3, -0.25) is 0 Å². The summed E-state index contributed by atoms with van der Waals surface area (Å²) in [5, 5.41) is 5.71. The first kappa shape index (κ1) is 12.9. The van der Waals surface area contributed by atoms with Crippen molar-refractivity contribution in [2.24, 2.45) is 5.73 Å². The van der Waals surface area contributed by atoms with Crippen LogP contribution in [-0.4, -0.2) is 25.3 Å². The van der Waals surface area contributed by atoms with Gasteiger partial charge in [-0.25, -0.2) is 4.79 Å². The van der Waals surface area contributed by atoms with Crippen LogP contribution in [-0.2, 0) is 4.74 Å². The lowest BCUT2D eigenvalue weighted by molar-refractivity contribution is 0.189. The van der Waals surface area contributed by atoms with E-state index in [0.717, 1.165) is 17.7 Å². The molecule has 1 saturated heterocycles. The molecule has 0 saturated carbocycles. The van der Waals surface area contributed by atoms with Crippen LogP contribution in [0.1, 0.15) is 24.9 Å². The molecular weight excluding hydrogens is 230 g/mol. The van der Waals surface area contributed by atoms with Crippen LogP contribution >= 0.6 is 0 Å². The number of hydrogen-bond donors (Lipinski definition) is 3. The van der Waals surface area contributed by atoms with Gasteiger partial charge in [0.2, 0.25) is 0 Å². The highest BCUT2D eigenvalue weighted by Crippen LogP contribution is 2.20. The fourth-order valence-corrected chi connectivity index (χ4v) is 2.00. The van der Waals surface area contributed by atoms with E-state index < -0.39 is 0 Å². The molecule has 1 aromatic carbocycles. The molecule has 1 aliphatic rings. The number of rotatable bonds is 3. The molecule has 2 rings (SSSR count). The average molecular weight is 249 g/mol. The van der Waals surface area contributed by atoms with Crippen LogP contribution in [0.2, 0.25) is 0 Å². The molecule has 1 heterocycles. The van der Waals surface area contributed by atoms with Crippen LogP contribution in [0.15, 0.2) is 24.3 Å². The lowest BCUT2D eigenvalue weighted by atomic mass is 10.1. The second-order valence-electron chi connectivity index (χ2n) is 4.53. The first-order valence-electron chi connectivity index (χ1n) is 6.16. The lowest BCUT2D eigenvalue weighted by Gasteiger charge is -2.16. The Hall–Kier alpha value is -1.59. The number of nitrogens with one attached hydrogen (secondary N) is 2. The smallest absolute Gasteiger partial charge is 0.319 e. The quantitative estimate of drug-likeness (QED) is 0.761. The van der Waals surface area contributed by atoms with Crippen LogP contribution in [0.25, 0.3) is 0 Å². The zero-order valence-electron chi connectivity index (χ0n) is 10.5. The van der Waals surface area contributed by atoms with Crippen LogP contribution in [0.4, 0.5) is 10.5 Å². The third-order valence-electron chi connectivity index (χ3n) is 2.96. The molecule has 4 N–H and O–H groups in total. The summed E-state index contributed by atoms with van der Waals surface area (Å²) in [5.41, 5.74) is 7.54. The molecule has 1 fully saturated rings. The van der Waals surface area contributed by atoms with Gasteiger partial charge in [-0.05, 0) is 25.0 Å². The predicted octanol–water partition coefficient (Wildman–Crippen LogP) is 1.62. The van der Waals surface area contributed by atoms with Gasteiger partial charge in [0.05, 0.1) is 12.6 Å². The van der Waals surface area contributed by atoms with Gasteiger partial charge in [-0.15, -0.1) is 0 Å². The van der Waals surface area contributed by atoms with Gasteiger partial charge < -0.3 is 21.1 Å². The van der Waals surface area contributed by atoms with E-state index in [1.165, 1.54) is 0 Å². The Kier molecular flexibility index (Phi) is 4.17. The van der Waals surface area contributed by atoms with Crippen molar-refractivity contribution in [2.45, 2.75) is 25.4 Å². The Bertz CT molecular complexity index is 414. The Morgan fingerprint density at radius 1 is 1.50 bits per heavy atom. The number of carbonyl (C=O) groups excluding carboxylic acids is 1. The number of benzene rings is 1. The van der Waals surface area contributed by atoms with Gasteiger partial charge >= 0.3 is 6.03 Å². The minimum Gasteiger partial charge on any atom is -0.379 e. The van der Waals surface area contributed by atoms with Crippen molar-refractivity contribution in [3.8, 4) is 0 Å². The third kappa shape index (κ3) is 3.21. The maximum Gasteiger partial charge on any atom is 0.319 e. The van der Waals surface area contributed by atoms with E-state index in [1.54, 1.807) is 0 Å². The van der Waals surface area contributed by atoms with Gasteiger partial charge in [-0.2, -0.15) is 0 Å². The van der Waals surface area contributed by atoms with Crippen molar-refractivity contribution in [3.63, 3.8) is 0 Å². The SMILES string of the molecule is CC(N)c1ccccc1NC(=O)NC1CCOC1. The van der Waals surface area contributed by atoms with E-state index in [4.69, 9.17) is 10.5 Å². The summed E-state index contributed by atoms with van der Waals surface area (Å²) in [6.07, 6.45) is 0.863. The summed E-state index contributed by atoms with van der Waals surface area (Å²) in [4.78, 5) is 11.8. The van der Waals surface area contributed by atoms with Gasteiger partial charge in [0.15, 0.2) is 0 Å². The molecule has 2 unspecified atom stereocenters. The molecule has 0 spiro atoms.